The van der Waals surface area contributed by atoms with E-state index in [0.29, 0.717) is 5.41 Å². The van der Waals surface area contributed by atoms with Crippen molar-refractivity contribution >= 4 is 0 Å². The zero-order valence-corrected chi connectivity index (χ0v) is 19.0. The summed E-state index contributed by atoms with van der Waals surface area (Å²) in [5.41, 5.74) is 4.50. The van der Waals surface area contributed by atoms with Crippen LogP contribution in [-0.4, -0.2) is 32.2 Å². The lowest BCUT2D eigenvalue weighted by Crippen LogP contribution is -2.40. The van der Waals surface area contributed by atoms with Crippen LogP contribution in [0.15, 0.2) is 60.7 Å². The first-order valence-corrected chi connectivity index (χ1v) is 11.1. The Hall–Kier alpha value is -2.26. The van der Waals surface area contributed by atoms with Gasteiger partial charge in [-0.3, -0.25) is 4.90 Å². The number of methoxy groups -OCH3 is 2. The number of rotatable bonds is 10. The van der Waals surface area contributed by atoms with Crippen LogP contribution < -0.4 is 9.47 Å². The molecule has 1 saturated heterocycles. The Bertz CT molecular complexity index is 787. The highest BCUT2D eigenvalue weighted by molar-refractivity contribution is 5.28. The molecule has 0 radical (unpaired) electrons. The molecule has 0 spiro atoms. The first-order chi connectivity index (χ1) is 14.5. The van der Waals surface area contributed by atoms with Gasteiger partial charge in [0.1, 0.15) is 11.5 Å². The molecule has 1 heterocycles. The fourth-order valence-corrected chi connectivity index (χ4v) is 4.79. The Balaban J connectivity index is 1.52. The molecule has 2 aromatic carbocycles. The van der Waals surface area contributed by atoms with Gasteiger partial charge in [-0.15, -0.1) is 6.58 Å². The van der Waals surface area contributed by atoms with Gasteiger partial charge in [0.2, 0.25) is 0 Å². The number of hydrogen-bond acceptors (Lipinski definition) is 3. The molecule has 0 N–H and O–H groups in total. The molecule has 3 rings (SSSR count). The van der Waals surface area contributed by atoms with E-state index in [-0.39, 0.29) is 0 Å². The minimum absolute atomic E-state index is 0.411. The number of benzene rings is 2. The van der Waals surface area contributed by atoms with Gasteiger partial charge in [0, 0.05) is 6.54 Å². The Morgan fingerprint density at radius 2 is 1.43 bits per heavy atom. The van der Waals surface area contributed by atoms with Gasteiger partial charge in [0.05, 0.1) is 14.2 Å². The van der Waals surface area contributed by atoms with Gasteiger partial charge in [-0.05, 0) is 99.3 Å². The van der Waals surface area contributed by atoms with Crippen molar-refractivity contribution in [1.82, 2.24) is 4.90 Å². The maximum absolute atomic E-state index is 5.28. The summed E-state index contributed by atoms with van der Waals surface area (Å²) in [7, 11) is 3.44. The molecule has 1 aliphatic rings. The first kappa shape index (κ1) is 22.4. The number of piperidine rings is 1. The van der Waals surface area contributed by atoms with Crippen molar-refractivity contribution in [2.24, 2.45) is 5.41 Å². The SMILES string of the molecule is C=C(C)CC1(CCCc2ccc(OC)cc2)CCN(Cc2ccc(OC)cc2)CC1. The van der Waals surface area contributed by atoms with E-state index in [2.05, 4.69) is 66.9 Å². The fourth-order valence-electron chi connectivity index (χ4n) is 4.79. The van der Waals surface area contributed by atoms with Gasteiger partial charge < -0.3 is 9.47 Å². The highest BCUT2D eigenvalue weighted by atomic mass is 16.5. The summed E-state index contributed by atoms with van der Waals surface area (Å²) < 4.78 is 10.5. The Morgan fingerprint density at radius 1 is 0.900 bits per heavy atom. The molecule has 0 bridgehead atoms. The van der Waals surface area contributed by atoms with Gasteiger partial charge >= 0.3 is 0 Å². The van der Waals surface area contributed by atoms with Crippen LogP contribution in [0.5, 0.6) is 11.5 Å². The van der Waals surface area contributed by atoms with E-state index in [0.717, 1.165) is 30.9 Å². The summed E-state index contributed by atoms with van der Waals surface area (Å²) >= 11 is 0. The standard InChI is InChI=1S/C27H37NO2/c1-22(2)20-27(15-5-6-23-7-11-25(29-3)12-8-23)16-18-28(19-17-27)21-24-9-13-26(30-4)14-10-24/h7-14H,1,5-6,15-21H2,2-4H3. The molecule has 0 saturated carbocycles. The predicted molar refractivity (Wildman–Crippen MR) is 125 cm³/mol. The molecular weight excluding hydrogens is 370 g/mol. The number of likely N-dealkylation sites (tertiary alicyclic amines) is 1. The van der Waals surface area contributed by atoms with Crippen LogP contribution in [0.2, 0.25) is 0 Å². The van der Waals surface area contributed by atoms with Crippen LogP contribution in [0.25, 0.3) is 0 Å². The van der Waals surface area contributed by atoms with Gasteiger partial charge in [-0.2, -0.15) is 0 Å². The average molecular weight is 408 g/mol. The van der Waals surface area contributed by atoms with E-state index >= 15 is 0 Å². The highest BCUT2D eigenvalue weighted by Crippen LogP contribution is 2.42. The third kappa shape index (κ3) is 6.37. The van der Waals surface area contributed by atoms with Gasteiger partial charge in [0.15, 0.2) is 0 Å². The Kier molecular flexibility index (Phi) is 7.98. The summed E-state index contributed by atoms with van der Waals surface area (Å²) in [6.07, 6.45) is 7.33. The van der Waals surface area contributed by atoms with E-state index in [1.54, 1.807) is 14.2 Å². The molecular formula is C27H37NO2. The smallest absolute Gasteiger partial charge is 0.118 e. The quantitative estimate of drug-likeness (QED) is 0.433. The molecule has 30 heavy (non-hydrogen) atoms. The van der Waals surface area contributed by atoms with Gasteiger partial charge in [0.25, 0.3) is 0 Å². The van der Waals surface area contributed by atoms with Crippen molar-refractivity contribution in [2.75, 3.05) is 27.3 Å². The minimum Gasteiger partial charge on any atom is -0.497 e. The summed E-state index contributed by atoms with van der Waals surface area (Å²) in [6.45, 7) is 9.80. The van der Waals surface area contributed by atoms with Crippen LogP contribution in [0.3, 0.4) is 0 Å². The Morgan fingerprint density at radius 3 is 1.93 bits per heavy atom. The third-order valence-corrected chi connectivity index (χ3v) is 6.49. The normalized spacial score (nSPS) is 16.2. The average Bonchev–Trinajstić information content (AvgIpc) is 2.76. The van der Waals surface area contributed by atoms with E-state index in [1.165, 1.54) is 55.5 Å². The number of nitrogens with zero attached hydrogens (tertiary/aromatic N) is 1. The number of aryl methyl sites for hydroxylation is 1. The van der Waals surface area contributed by atoms with Crippen molar-refractivity contribution in [2.45, 2.75) is 52.0 Å². The molecule has 0 atom stereocenters. The summed E-state index contributed by atoms with van der Waals surface area (Å²) in [5, 5.41) is 0. The lowest BCUT2D eigenvalue weighted by atomic mass is 9.70. The van der Waals surface area contributed by atoms with Crippen LogP contribution in [0.1, 0.15) is 50.2 Å². The van der Waals surface area contributed by atoms with Gasteiger partial charge in [-0.25, -0.2) is 0 Å². The topological polar surface area (TPSA) is 21.7 Å². The zero-order valence-electron chi connectivity index (χ0n) is 19.0. The van der Waals surface area contributed by atoms with Crippen LogP contribution in [-0.2, 0) is 13.0 Å². The monoisotopic (exact) mass is 407 g/mol. The fraction of sp³-hybridized carbons (Fsp3) is 0.481. The number of allylic oxidation sites excluding steroid dienone is 1. The second-order valence-electron chi connectivity index (χ2n) is 8.96. The minimum atomic E-state index is 0.411. The van der Waals surface area contributed by atoms with E-state index < -0.39 is 0 Å². The van der Waals surface area contributed by atoms with E-state index in [1.807, 2.05) is 0 Å². The number of ether oxygens (including phenoxy) is 2. The lowest BCUT2D eigenvalue weighted by molar-refractivity contribution is 0.0883. The summed E-state index contributed by atoms with van der Waals surface area (Å²) in [5.74, 6) is 1.86. The highest BCUT2D eigenvalue weighted by Gasteiger charge is 2.33. The van der Waals surface area contributed by atoms with E-state index in [9.17, 15) is 0 Å². The second kappa shape index (κ2) is 10.7. The molecule has 3 nitrogen and oxygen atoms in total. The molecule has 3 heteroatoms. The van der Waals surface area contributed by atoms with Crippen molar-refractivity contribution in [3.05, 3.63) is 71.8 Å². The maximum atomic E-state index is 5.28. The van der Waals surface area contributed by atoms with Crippen molar-refractivity contribution in [3.63, 3.8) is 0 Å². The molecule has 1 fully saturated rings. The molecule has 162 valence electrons. The summed E-state index contributed by atoms with van der Waals surface area (Å²) in [4.78, 5) is 2.60. The van der Waals surface area contributed by atoms with Crippen molar-refractivity contribution in [1.29, 1.82) is 0 Å². The van der Waals surface area contributed by atoms with Gasteiger partial charge in [-0.1, -0.05) is 29.8 Å². The predicted octanol–water partition coefficient (Wildman–Crippen LogP) is 6.28. The Labute approximate surface area is 182 Å². The van der Waals surface area contributed by atoms with Crippen LogP contribution in [0, 0.1) is 5.41 Å². The van der Waals surface area contributed by atoms with Crippen molar-refractivity contribution < 1.29 is 9.47 Å². The van der Waals surface area contributed by atoms with Crippen LogP contribution in [0.4, 0.5) is 0 Å². The molecule has 1 aliphatic heterocycles. The zero-order chi connectivity index (χ0) is 21.4. The molecule has 0 amide bonds. The molecule has 0 aliphatic carbocycles. The molecule has 0 unspecified atom stereocenters. The summed E-state index contributed by atoms with van der Waals surface area (Å²) in [6, 6.07) is 17.0. The molecule has 2 aromatic rings. The second-order valence-corrected chi connectivity index (χ2v) is 8.96. The lowest BCUT2D eigenvalue weighted by Gasteiger charge is -2.42. The third-order valence-electron chi connectivity index (χ3n) is 6.49. The maximum Gasteiger partial charge on any atom is 0.118 e. The van der Waals surface area contributed by atoms with Crippen LogP contribution >= 0.6 is 0 Å². The largest absolute Gasteiger partial charge is 0.497 e. The van der Waals surface area contributed by atoms with E-state index in [4.69, 9.17) is 9.47 Å². The first-order valence-electron chi connectivity index (χ1n) is 11.1. The van der Waals surface area contributed by atoms with Crippen molar-refractivity contribution in [3.8, 4) is 11.5 Å². The molecule has 0 aromatic heterocycles. The number of hydrogen-bond donors (Lipinski definition) is 0.